The number of rotatable bonds is 6. The average Bonchev–Trinajstić information content (AvgIpc) is 3.30. The van der Waals surface area contributed by atoms with E-state index in [-0.39, 0.29) is 5.78 Å². The fourth-order valence-corrected chi connectivity index (χ4v) is 3.33. The lowest BCUT2D eigenvalue weighted by molar-refractivity contribution is 0.0924. The second-order valence-corrected chi connectivity index (χ2v) is 7.18. The zero-order valence-electron chi connectivity index (χ0n) is 12.4. The van der Waals surface area contributed by atoms with Crippen molar-refractivity contribution in [3.8, 4) is 0 Å². The Bertz CT molecular complexity index is 493. The Hall–Kier alpha value is -0.710. The molecule has 114 valence electrons. The molecule has 1 aliphatic heterocycles. The van der Waals surface area contributed by atoms with Gasteiger partial charge in [0.1, 0.15) is 0 Å². The van der Waals surface area contributed by atoms with Crippen LogP contribution < -0.4 is 0 Å². The Kier molecular flexibility index (Phi) is 5.09. The standard InChI is InChI=1S/C17H23BrN2O/c18-16-3-1-2-15(12-16)17(21)6-7-19-8-10-20(11-9-19)13-14-4-5-14/h1-3,12,14H,4-11,13H2. The zero-order valence-corrected chi connectivity index (χ0v) is 14.0. The van der Waals surface area contributed by atoms with Gasteiger partial charge in [0.15, 0.2) is 5.78 Å². The van der Waals surface area contributed by atoms with Gasteiger partial charge in [-0.1, -0.05) is 28.1 Å². The predicted molar refractivity (Wildman–Crippen MR) is 88.7 cm³/mol. The number of halogens is 1. The first-order chi connectivity index (χ1) is 10.2. The summed E-state index contributed by atoms with van der Waals surface area (Å²) < 4.78 is 0.974. The van der Waals surface area contributed by atoms with Gasteiger partial charge in [0.2, 0.25) is 0 Å². The van der Waals surface area contributed by atoms with Crippen molar-refractivity contribution in [2.45, 2.75) is 19.3 Å². The minimum atomic E-state index is 0.247. The molecule has 0 unspecified atom stereocenters. The SMILES string of the molecule is O=C(CCN1CCN(CC2CC2)CC1)c1cccc(Br)c1. The molecule has 3 rings (SSSR count). The Morgan fingerprint density at radius 3 is 2.52 bits per heavy atom. The number of ketones is 1. The van der Waals surface area contributed by atoms with E-state index in [0.717, 1.165) is 35.6 Å². The van der Waals surface area contributed by atoms with E-state index >= 15 is 0 Å². The van der Waals surface area contributed by atoms with Crippen molar-refractivity contribution in [3.05, 3.63) is 34.3 Å². The van der Waals surface area contributed by atoms with E-state index in [1.165, 1.54) is 32.5 Å². The summed E-state index contributed by atoms with van der Waals surface area (Å²) in [4.78, 5) is 17.2. The van der Waals surface area contributed by atoms with E-state index < -0.39 is 0 Å². The second-order valence-electron chi connectivity index (χ2n) is 6.27. The van der Waals surface area contributed by atoms with Crippen molar-refractivity contribution in [3.63, 3.8) is 0 Å². The summed E-state index contributed by atoms with van der Waals surface area (Å²) in [5.74, 6) is 1.23. The molecule has 2 fully saturated rings. The molecule has 3 nitrogen and oxygen atoms in total. The van der Waals surface area contributed by atoms with Gasteiger partial charge in [0.25, 0.3) is 0 Å². The summed E-state index contributed by atoms with van der Waals surface area (Å²) in [6, 6.07) is 7.69. The summed E-state index contributed by atoms with van der Waals surface area (Å²) in [6.45, 7) is 6.74. The molecule has 0 aromatic heterocycles. The number of hydrogen-bond acceptors (Lipinski definition) is 3. The normalized spacial score (nSPS) is 20.6. The zero-order chi connectivity index (χ0) is 14.7. The number of nitrogens with zero attached hydrogens (tertiary/aromatic N) is 2. The fourth-order valence-electron chi connectivity index (χ4n) is 2.93. The van der Waals surface area contributed by atoms with E-state index in [9.17, 15) is 4.79 Å². The maximum atomic E-state index is 12.2. The van der Waals surface area contributed by atoms with Crippen molar-refractivity contribution < 1.29 is 4.79 Å². The molecule has 1 aromatic carbocycles. The largest absolute Gasteiger partial charge is 0.301 e. The highest BCUT2D eigenvalue weighted by molar-refractivity contribution is 9.10. The van der Waals surface area contributed by atoms with Gasteiger partial charge in [-0.05, 0) is 30.9 Å². The molecule has 2 aliphatic rings. The van der Waals surface area contributed by atoms with Gasteiger partial charge in [-0.15, -0.1) is 0 Å². The van der Waals surface area contributed by atoms with Gasteiger partial charge in [0, 0.05) is 55.7 Å². The number of carbonyl (C=O) groups is 1. The molecule has 1 heterocycles. The van der Waals surface area contributed by atoms with Crippen LogP contribution in [0, 0.1) is 5.92 Å². The molecule has 21 heavy (non-hydrogen) atoms. The molecule has 1 saturated heterocycles. The first-order valence-electron chi connectivity index (χ1n) is 7.94. The third kappa shape index (κ3) is 4.63. The molecule has 1 saturated carbocycles. The number of carbonyl (C=O) groups excluding carboxylic acids is 1. The van der Waals surface area contributed by atoms with Gasteiger partial charge >= 0.3 is 0 Å². The summed E-state index contributed by atoms with van der Waals surface area (Å²) >= 11 is 3.42. The molecule has 0 bridgehead atoms. The first kappa shape index (κ1) is 15.2. The Morgan fingerprint density at radius 1 is 1.14 bits per heavy atom. The molecule has 4 heteroatoms. The molecular weight excluding hydrogens is 328 g/mol. The van der Waals surface area contributed by atoms with Crippen LogP contribution in [-0.4, -0.2) is 54.9 Å². The maximum absolute atomic E-state index is 12.2. The lowest BCUT2D eigenvalue weighted by atomic mass is 10.1. The van der Waals surface area contributed by atoms with Crippen molar-refractivity contribution in [2.75, 3.05) is 39.3 Å². The lowest BCUT2D eigenvalue weighted by Gasteiger charge is -2.34. The molecule has 1 aliphatic carbocycles. The number of hydrogen-bond donors (Lipinski definition) is 0. The highest BCUT2D eigenvalue weighted by atomic mass is 79.9. The van der Waals surface area contributed by atoms with Crippen LogP contribution in [0.3, 0.4) is 0 Å². The summed E-state index contributed by atoms with van der Waals surface area (Å²) in [5.41, 5.74) is 0.816. The molecule has 0 atom stereocenters. The maximum Gasteiger partial charge on any atom is 0.164 e. The third-order valence-electron chi connectivity index (χ3n) is 4.48. The Morgan fingerprint density at radius 2 is 1.86 bits per heavy atom. The first-order valence-corrected chi connectivity index (χ1v) is 8.73. The van der Waals surface area contributed by atoms with E-state index in [1.54, 1.807) is 0 Å². The van der Waals surface area contributed by atoms with Gasteiger partial charge < -0.3 is 9.80 Å². The minimum absolute atomic E-state index is 0.247. The number of Topliss-reactive ketones (excluding diaryl/α,β-unsaturated/α-hetero) is 1. The molecule has 0 amide bonds. The van der Waals surface area contributed by atoms with Crippen molar-refractivity contribution in [1.29, 1.82) is 0 Å². The lowest BCUT2D eigenvalue weighted by Crippen LogP contribution is -2.47. The van der Waals surface area contributed by atoms with E-state index in [0.29, 0.717) is 6.42 Å². The smallest absolute Gasteiger partial charge is 0.164 e. The van der Waals surface area contributed by atoms with Crippen molar-refractivity contribution in [1.82, 2.24) is 9.80 Å². The van der Waals surface area contributed by atoms with Crippen LogP contribution in [0.4, 0.5) is 0 Å². The molecule has 0 N–H and O–H groups in total. The van der Waals surface area contributed by atoms with Crippen LogP contribution in [0.25, 0.3) is 0 Å². The van der Waals surface area contributed by atoms with Crippen LogP contribution in [0.1, 0.15) is 29.6 Å². The van der Waals surface area contributed by atoms with Gasteiger partial charge in [-0.3, -0.25) is 4.79 Å². The molecular formula is C17H23BrN2O. The van der Waals surface area contributed by atoms with Gasteiger partial charge in [-0.2, -0.15) is 0 Å². The van der Waals surface area contributed by atoms with E-state index in [1.807, 2.05) is 24.3 Å². The highest BCUT2D eigenvalue weighted by Gasteiger charge is 2.26. The quantitative estimate of drug-likeness (QED) is 0.736. The van der Waals surface area contributed by atoms with E-state index in [2.05, 4.69) is 25.7 Å². The Balaban J connectivity index is 1.40. The van der Waals surface area contributed by atoms with Crippen molar-refractivity contribution >= 4 is 21.7 Å². The number of piperazine rings is 1. The third-order valence-corrected chi connectivity index (χ3v) is 4.97. The Labute approximate surface area is 135 Å². The van der Waals surface area contributed by atoms with Crippen LogP contribution in [-0.2, 0) is 0 Å². The topological polar surface area (TPSA) is 23.6 Å². The molecule has 1 aromatic rings. The van der Waals surface area contributed by atoms with Crippen molar-refractivity contribution in [2.24, 2.45) is 5.92 Å². The van der Waals surface area contributed by atoms with E-state index in [4.69, 9.17) is 0 Å². The van der Waals surface area contributed by atoms with Gasteiger partial charge in [0.05, 0.1) is 0 Å². The summed E-state index contributed by atoms with van der Waals surface area (Å²) in [7, 11) is 0. The van der Waals surface area contributed by atoms with Crippen LogP contribution >= 0.6 is 15.9 Å². The molecule has 0 spiro atoms. The average molecular weight is 351 g/mol. The van der Waals surface area contributed by atoms with Crippen LogP contribution in [0.5, 0.6) is 0 Å². The summed E-state index contributed by atoms with van der Waals surface area (Å²) in [6.07, 6.45) is 3.49. The monoisotopic (exact) mass is 350 g/mol. The second kappa shape index (κ2) is 7.03. The summed E-state index contributed by atoms with van der Waals surface area (Å²) in [5, 5.41) is 0. The molecule has 0 radical (unpaired) electrons. The van der Waals surface area contributed by atoms with Gasteiger partial charge in [-0.25, -0.2) is 0 Å². The number of benzene rings is 1. The van der Waals surface area contributed by atoms with Crippen LogP contribution in [0.15, 0.2) is 28.7 Å². The highest BCUT2D eigenvalue weighted by Crippen LogP contribution is 2.29. The predicted octanol–water partition coefficient (Wildman–Crippen LogP) is 3.05. The van der Waals surface area contributed by atoms with Crippen LogP contribution in [0.2, 0.25) is 0 Å². The fraction of sp³-hybridized carbons (Fsp3) is 0.588. The minimum Gasteiger partial charge on any atom is -0.301 e.